The summed E-state index contributed by atoms with van der Waals surface area (Å²) in [6.07, 6.45) is 3.41. The number of piperidine rings is 1. The van der Waals surface area contributed by atoms with Crippen molar-refractivity contribution in [1.29, 1.82) is 0 Å². The Morgan fingerprint density at radius 1 is 1.12 bits per heavy atom. The normalized spacial score (nSPS) is 17.7. The van der Waals surface area contributed by atoms with E-state index >= 15 is 0 Å². The number of aromatic nitrogens is 2. The minimum Gasteiger partial charge on any atom is -0.507 e. The van der Waals surface area contributed by atoms with Crippen molar-refractivity contribution in [3.63, 3.8) is 0 Å². The van der Waals surface area contributed by atoms with Gasteiger partial charge in [-0.15, -0.1) is 5.10 Å². The Labute approximate surface area is 147 Å². The van der Waals surface area contributed by atoms with Crippen LogP contribution in [-0.4, -0.2) is 28.4 Å². The summed E-state index contributed by atoms with van der Waals surface area (Å²) < 4.78 is 0. The molecule has 3 aromatic rings. The fraction of sp³-hybridized carbons (Fsp3) is 0.333. The van der Waals surface area contributed by atoms with Crippen LogP contribution in [0.2, 0.25) is 0 Å². The molecule has 128 valence electrons. The van der Waals surface area contributed by atoms with E-state index in [-0.39, 0.29) is 5.75 Å². The number of hydrogen-bond acceptors (Lipinski definition) is 4. The maximum Gasteiger partial charge on any atom is 0.125 e. The van der Waals surface area contributed by atoms with Crippen LogP contribution >= 0.6 is 0 Å². The van der Waals surface area contributed by atoms with Crippen LogP contribution in [0.1, 0.15) is 24.1 Å². The first-order valence-corrected chi connectivity index (χ1v) is 8.97. The van der Waals surface area contributed by atoms with Gasteiger partial charge in [-0.2, -0.15) is 5.10 Å². The molecule has 2 N–H and O–H groups in total. The number of benzene rings is 2. The second-order valence-electron chi connectivity index (χ2n) is 6.98. The van der Waals surface area contributed by atoms with Crippen molar-refractivity contribution in [2.45, 2.75) is 26.2 Å². The van der Waals surface area contributed by atoms with Crippen LogP contribution in [0.3, 0.4) is 0 Å². The highest BCUT2D eigenvalue weighted by Crippen LogP contribution is 2.34. The Bertz CT molecular complexity index is 901. The van der Waals surface area contributed by atoms with Crippen LogP contribution in [-0.2, 0) is 6.42 Å². The first kappa shape index (κ1) is 16.0. The van der Waals surface area contributed by atoms with E-state index < -0.39 is 0 Å². The molecule has 2 heterocycles. The third kappa shape index (κ3) is 3.22. The number of rotatable bonds is 3. The van der Waals surface area contributed by atoms with E-state index in [0.29, 0.717) is 5.92 Å². The van der Waals surface area contributed by atoms with E-state index in [2.05, 4.69) is 27.6 Å². The fourth-order valence-electron chi connectivity index (χ4n) is 3.72. The summed E-state index contributed by atoms with van der Waals surface area (Å²) in [5, 5.41) is 25.1. The average Bonchev–Trinajstić information content (AvgIpc) is 2.64. The Balaban J connectivity index is 1.78. The molecule has 0 spiro atoms. The van der Waals surface area contributed by atoms with Crippen molar-refractivity contribution in [1.82, 2.24) is 15.5 Å². The maximum absolute atomic E-state index is 10.4. The largest absolute Gasteiger partial charge is 0.507 e. The molecule has 1 saturated heterocycles. The SMILES string of the molecule is Cc1ccc(-c2nnc(CC3CCCNC3)c3ccccc23)c(O)c1. The number of phenolic OH excluding ortho intramolecular Hbond substituents is 1. The lowest BCUT2D eigenvalue weighted by molar-refractivity contribution is 0.373. The molecule has 4 heteroatoms. The molecule has 1 aromatic heterocycles. The lowest BCUT2D eigenvalue weighted by Crippen LogP contribution is -2.31. The van der Waals surface area contributed by atoms with E-state index in [4.69, 9.17) is 0 Å². The van der Waals surface area contributed by atoms with E-state index in [1.807, 2.05) is 31.2 Å². The Hall–Kier alpha value is -2.46. The molecule has 4 rings (SSSR count). The molecule has 0 radical (unpaired) electrons. The van der Waals surface area contributed by atoms with Crippen LogP contribution in [0.5, 0.6) is 5.75 Å². The van der Waals surface area contributed by atoms with Crippen molar-refractivity contribution in [3.05, 3.63) is 53.7 Å². The monoisotopic (exact) mass is 333 g/mol. The Morgan fingerprint density at radius 3 is 2.72 bits per heavy atom. The third-order valence-electron chi connectivity index (χ3n) is 5.05. The molecule has 1 atom stereocenters. The first-order chi connectivity index (χ1) is 12.2. The van der Waals surface area contributed by atoms with Gasteiger partial charge in [-0.25, -0.2) is 0 Å². The zero-order valence-corrected chi connectivity index (χ0v) is 14.5. The Kier molecular flexibility index (Phi) is 4.36. The molecule has 0 saturated carbocycles. The third-order valence-corrected chi connectivity index (χ3v) is 5.05. The van der Waals surface area contributed by atoms with Gasteiger partial charge in [0.05, 0.1) is 5.69 Å². The molecule has 4 nitrogen and oxygen atoms in total. The molecule has 0 amide bonds. The van der Waals surface area contributed by atoms with Crippen molar-refractivity contribution in [2.75, 3.05) is 13.1 Å². The van der Waals surface area contributed by atoms with Crippen molar-refractivity contribution >= 4 is 10.8 Å². The molecule has 1 unspecified atom stereocenters. The predicted molar refractivity (Wildman–Crippen MR) is 101 cm³/mol. The molecular weight excluding hydrogens is 310 g/mol. The summed E-state index contributed by atoms with van der Waals surface area (Å²) in [7, 11) is 0. The summed E-state index contributed by atoms with van der Waals surface area (Å²) in [6.45, 7) is 4.14. The van der Waals surface area contributed by atoms with Crippen molar-refractivity contribution in [3.8, 4) is 17.0 Å². The zero-order valence-electron chi connectivity index (χ0n) is 14.5. The Morgan fingerprint density at radius 2 is 1.96 bits per heavy atom. The van der Waals surface area contributed by atoms with Gasteiger partial charge in [0.1, 0.15) is 11.4 Å². The number of aromatic hydroxyl groups is 1. The van der Waals surface area contributed by atoms with Crippen LogP contribution in [0.15, 0.2) is 42.5 Å². The molecule has 0 aliphatic carbocycles. The molecular formula is C21H23N3O. The highest BCUT2D eigenvalue weighted by atomic mass is 16.3. The van der Waals surface area contributed by atoms with Gasteiger partial charge in [0.2, 0.25) is 0 Å². The fourth-order valence-corrected chi connectivity index (χ4v) is 3.72. The molecule has 1 fully saturated rings. The number of aryl methyl sites for hydroxylation is 1. The molecule has 1 aliphatic heterocycles. The van der Waals surface area contributed by atoms with Gasteiger partial charge in [-0.1, -0.05) is 30.3 Å². The van der Waals surface area contributed by atoms with Gasteiger partial charge >= 0.3 is 0 Å². The highest BCUT2D eigenvalue weighted by molar-refractivity contribution is 5.96. The smallest absolute Gasteiger partial charge is 0.125 e. The lowest BCUT2D eigenvalue weighted by atomic mass is 9.92. The average molecular weight is 333 g/mol. The zero-order chi connectivity index (χ0) is 17.2. The minimum absolute atomic E-state index is 0.253. The van der Waals surface area contributed by atoms with Gasteiger partial charge in [0.15, 0.2) is 0 Å². The number of nitrogens with zero attached hydrogens (tertiary/aromatic N) is 2. The summed E-state index contributed by atoms with van der Waals surface area (Å²) in [4.78, 5) is 0. The van der Waals surface area contributed by atoms with Crippen LogP contribution < -0.4 is 5.32 Å². The number of fused-ring (bicyclic) bond motifs is 1. The summed E-state index contributed by atoms with van der Waals surface area (Å²) in [5.74, 6) is 0.869. The molecule has 2 aromatic carbocycles. The van der Waals surface area contributed by atoms with Gasteiger partial charge in [0.25, 0.3) is 0 Å². The van der Waals surface area contributed by atoms with Crippen LogP contribution in [0.4, 0.5) is 0 Å². The van der Waals surface area contributed by atoms with Gasteiger partial charge in [0, 0.05) is 16.3 Å². The van der Waals surface area contributed by atoms with E-state index in [1.54, 1.807) is 6.07 Å². The van der Waals surface area contributed by atoms with Crippen molar-refractivity contribution < 1.29 is 5.11 Å². The summed E-state index contributed by atoms with van der Waals surface area (Å²) >= 11 is 0. The summed E-state index contributed by atoms with van der Waals surface area (Å²) in [5.41, 5.74) is 3.57. The highest BCUT2D eigenvalue weighted by Gasteiger charge is 2.18. The van der Waals surface area contributed by atoms with Crippen LogP contribution in [0, 0.1) is 12.8 Å². The molecule has 1 aliphatic rings. The molecule has 25 heavy (non-hydrogen) atoms. The second kappa shape index (κ2) is 6.81. The standard InChI is InChI=1S/C21H23N3O/c1-14-8-9-18(20(25)11-14)21-17-7-3-2-6-16(17)19(23-24-21)12-15-5-4-10-22-13-15/h2-3,6-9,11,15,22,25H,4-5,10,12-13H2,1H3. The summed E-state index contributed by atoms with van der Waals surface area (Å²) in [6, 6.07) is 13.9. The topological polar surface area (TPSA) is 58.0 Å². The number of nitrogens with one attached hydrogen (secondary N) is 1. The number of hydrogen-bond donors (Lipinski definition) is 2. The lowest BCUT2D eigenvalue weighted by Gasteiger charge is -2.22. The van der Waals surface area contributed by atoms with Gasteiger partial charge < -0.3 is 10.4 Å². The van der Waals surface area contributed by atoms with Gasteiger partial charge in [-0.05, 0) is 62.9 Å². The van der Waals surface area contributed by atoms with Crippen molar-refractivity contribution in [2.24, 2.45) is 5.92 Å². The number of phenols is 1. The quantitative estimate of drug-likeness (QED) is 0.764. The minimum atomic E-state index is 0.253. The predicted octanol–water partition coefficient (Wildman–Crippen LogP) is 3.85. The van der Waals surface area contributed by atoms with Gasteiger partial charge in [-0.3, -0.25) is 0 Å². The van der Waals surface area contributed by atoms with E-state index in [9.17, 15) is 5.11 Å². The molecule has 0 bridgehead atoms. The van der Waals surface area contributed by atoms with E-state index in [0.717, 1.165) is 52.8 Å². The second-order valence-corrected chi connectivity index (χ2v) is 6.98. The maximum atomic E-state index is 10.4. The van der Waals surface area contributed by atoms with Crippen LogP contribution in [0.25, 0.3) is 22.0 Å². The van der Waals surface area contributed by atoms with E-state index in [1.165, 1.54) is 12.8 Å². The first-order valence-electron chi connectivity index (χ1n) is 8.97.